The van der Waals surface area contributed by atoms with E-state index in [-0.39, 0.29) is 48.9 Å². The second kappa shape index (κ2) is 42.1. The first-order chi connectivity index (χ1) is 27.1. The van der Waals surface area contributed by atoms with Crippen LogP contribution in [0.4, 0.5) is 0 Å². The monoisotopic (exact) mass is 902 g/mol. The van der Waals surface area contributed by atoms with Crippen molar-refractivity contribution in [3.63, 3.8) is 0 Å². The molecule has 0 aliphatic heterocycles. The first-order valence-corrected chi connectivity index (χ1v) is 26.1. The zero-order chi connectivity index (χ0) is 41.5. The van der Waals surface area contributed by atoms with Gasteiger partial charge in [0.1, 0.15) is 30.8 Å². The molecule has 0 fully saturated rings. The molecular formula is C42H78O8S6. The maximum Gasteiger partial charge on any atom is 0.319 e. The van der Waals surface area contributed by atoms with E-state index in [1.165, 1.54) is 139 Å². The van der Waals surface area contributed by atoms with Crippen molar-refractivity contribution in [2.75, 3.05) is 51.1 Å². The van der Waals surface area contributed by atoms with Crippen LogP contribution >= 0.6 is 71.5 Å². The first kappa shape index (κ1) is 56.4. The molecule has 330 valence electrons. The molecule has 0 bridgehead atoms. The van der Waals surface area contributed by atoms with Crippen LogP contribution in [-0.4, -0.2) is 93.2 Å². The highest BCUT2D eigenvalue weighted by Crippen LogP contribution is 2.25. The molecule has 0 heterocycles. The number of thiocarbonyl (C=S) groups is 2. The second-order valence-corrected chi connectivity index (χ2v) is 21.3. The fourth-order valence-electron chi connectivity index (χ4n) is 5.41. The molecule has 0 aromatic rings. The Balaban J connectivity index is 3.73. The molecule has 0 aliphatic carbocycles. The fraction of sp³-hybridized carbons (Fsp3) is 0.905. The van der Waals surface area contributed by atoms with E-state index in [0.717, 1.165) is 31.4 Å². The second-order valence-electron chi connectivity index (χ2n) is 14.0. The van der Waals surface area contributed by atoms with E-state index < -0.39 is 12.6 Å². The Morgan fingerprint density at radius 3 is 1.00 bits per heavy atom. The van der Waals surface area contributed by atoms with Crippen LogP contribution in [0.5, 0.6) is 0 Å². The van der Waals surface area contributed by atoms with E-state index in [1.54, 1.807) is 37.4 Å². The Bertz CT molecular complexity index is 888. The van der Waals surface area contributed by atoms with Gasteiger partial charge in [-0.15, -0.1) is 23.5 Å². The summed E-state index contributed by atoms with van der Waals surface area (Å²) in [6, 6.07) is 0. The van der Waals surface area contributed by atoms with E-state index in [2.05, 4.69) is 13.8 Å². The number of rotatable bonds is 39. The molecule has 8 nitrogen and oxygen atoms in total. The van der Waals surface area contributed by atoms with Crippen LogP contribution in [0.1, 0.15) is 170 Å². The van der Waals surface area contributed by atoms with Gasteiger partial charge in [-0.1, -0.05) is 177 Å². The SMILES string of the molecule is CCCCCCCCCCCCSC(=S)SC(C)C(=O)OCCOC(C)OCCOC(C)OCCOC(=O)C(C)SC(=S)SCCCCCCCCCCCC. The van der Waals surface area contributed by atoms with Crippen molar-refractivity contribution in [2.24, 2.45) is 0 Å². The van der Waals surface area contributed by atoms with Crippen molar-refractivity contribution in [3.8, 4) is 0 Å². The van der Waals surface area contributed by atoms with Crippen LogP contribution in [0.2, 0.25) is 0 Å². The van der Waals surface area contributed by atoms with Gasteiger partial charge >= 0.3 is 11.9 Å². The van der Waals surface area contributed by atoms with Gasteiger partial charge in [-0.25, -0.2) is 0 Å². The van der Waals surface area contributed by atoms with Gasteiger partial charge in [-0.3, -0.25) is 9.59 Å². The molecule has 4 atom stereocenters. The van der Waals surface area contributed by atoms with Gasteiger partial charge in [-0.2, -0.15) is 0 Å². The molecule has 56 heavy (non-hydrogen) atoms. The molecule has 14 heteroatoms. The normalized spacial score (nSPS) is 13.6. The maximum absolute atomic E-state index is 12.4. The number of thioether (sulfide) groups is 4. The number of hydrogen-bond acceptors (Lipinski definition) is 14. The molecule has 0 amide bonds. The summed E-state index contributed by atoms with van der Waals surface area (Å²) < 4.78 is 34.7. The van der Waals surface area contributed by atoms with E-state index in [1.807, 2.05) is 13.8 Å². The standard InChI is InChI=1S/C42H78O8S6/c1-7-9-11-13-15-17-19-21-23-25-33-53-41(51)55-35(3)39(43)49-31-29-47-37(5)45-27-28-46-38(6)48-30-32-50-40(44)36(4)56-42(52)54-34-26-24-22-20-18-16-14-12-10-8-2/h35-38H,7-34H2,1-6H3. The van der Waals surface area contributed by atoms with Crippen LogP contribution in [0, 0.1) is 0 Å². The molecule has 0 N–H and O–H groups in total. The lowest BCUT2D eigenvalue weighted by atomic mass is 10.1. The zero-order valence-electron chi connectivity index (χ0n) is 35.8. The Hall–Kier alpha value is 0.360. The summed E-state index contributed by atoms with van der Waals surface area (Å²) in [6.07, 6.45) is 25.4. The number of carbonyl (C=O) groups excluding carboxylic acids is 2. The molecule has 0 aromatic heterocycles. The van der Waals surface area contributed by atoms with Crippen LogP contribution in [0.15, 0.2) is 0 Å². The van der Waals surface area contributed by atoms with E-state index in [9.17, 15) is 9.59 Å². The van der Waals surface area contributed by atoms with Crippen molar-refractivity contribution < 1.29 is 38.0 Å². The predicted molar refractivity (Wildman–Crippen MR) is 253 cm³/mol. The van der Waals surface area contributed by atoms with E-state index in [0.29, 0.717) is 13.2 Å². The molecule has 0 rings (SSSR count). The average Bonchev–Trinajstić information content (AvgIpc) is 3.17. The summed E-state index contributed by atoms with van der Waals surface area (Å²) in [5.74, 6) is 1.40. The average molecular weight is 903 g/mol. The smallest absolute Gasteiger partial charge is 0.319 e. The van der Waals surface area contributed by atoms with Gasteiger partial charge in [0.25, 0.3) is 0 Å². The number of esters is 2. The van der Waals surface area contributed by atoms with Gasteiger partial charge in [-0.05, 0) is 52.0 Å². The molecule has 4 unspecified atom stereocenters. The zero-order valence-corrected chi connectivity index (χ0v) is 40.7. The Morgan fingerprint density at radius 1 is 0.429 bits per heavy atom. The van der Waals surface area contributed by atoms with Crippen molar-refractivity contribution in [2.45, 2.75) is 193 Å². The number of carbonyl (C=O) groups is 2. The van der Waals surface area contributed by atoms with Crippen LogP contribution in [0.25, 0.3) is 0 Å². The molecular weight excluding hydrogens is 825 g/mol. The minimum atomic E-state index is -0.486. The predicted octanol–water partition coefficient (Wildman–Crippen LogP) is 13.0. The molecule has 0 saturated carbocycles. The first-order valence-electron chi connectivity index (χ1n) is 21.6. The van der Waals surface area contributed by atoms with Crippen molar-refractivity contribution in [1.82, 2.24) is 0 Å². The Labute approximate surface area is 370 Å². The summed E-state index contributed by atoms with van der Waals surface area (Å²) in [7, 11) is 0. The van der Waals surface area contributed by atoms with Crippen LogP contribution in [0.3, 0.4) is 0 Å². The highest BCUT2D eigenvalue weighted by molar-refractivity contribution is 8.48. The van der Waals surface area contributed by atoms with E-state index in [4.69, 9.17) is 52.9 Å². The highest BCUT2D eigenvalue weighted by atomic mass is 32.2. The molecule has 0 aliphatic rings. The quantitative estimate of drug-likeness (QED) is 0.0254. The Kier molecular flexibility index (Phi) is 42.3. The van der Waals surface area contributed by atoms with Crippen LogP contribution < -0.4 is 0 Å². The summed E-state index contributed by atoms with van der Waals surface area (Å²) in [6.45, 7) is 13.1. The third-order valence-corrected chi connectivity index (χ3v) is 14.3. The minimum absolute atomic E-state index is 0.143. The topological polar surface area (TPSA) is 89.5 Å². The third-order valence-electron chi connectivity index (χ3n) is 8.79. The van der Waals surface area contributed by atoms with Crippen molar-refractivity contribution >= 4 is 90.5 Å². The summed E-state index contributed by atoms with van der Waals surface area (Å²) >= 11 is 17.0. The van der Waals surface area contributed by atoms with Gasteiger partial charge < -0.3 is 28.4 Å². The lowest BCUT2D eigenvalue weighted by molar-refractivity contribution is -0.179. The lowest BCUT2D eigenvalue weighted by Gasteiger charge is -2.17. The maximum atomic E-state index is 12.4. The van der Waals surface area contributed by atoms with Crippen molar-refractivity contribution in [1.29, 1.82) is 0 Å². The van der Waals surface area contributed by atoms with Crippen molar-refractivity contribution in [3.05, 3.63) is 0 Å². The number of hydrogen-bond donors (Lipinski definition) is 0. The molecule has 0 saturated heterocycles. The van der Waals surface area contributed by atoms with E-state index >= 15 is 0 Å². The Morgan fingerprint density at radius 2 is 0.696 bits per heavy atom. The third kappa shape index (κ3) is 38.6. The minimum Gasteiger partial charge on any atom is -0.462 e. The van der Waals surface area contributed by atoms with Gasteiger partial charge in [0, 0.05) is 0 Å². The fourth-order valence-corrected chi connectivity index (χ4v) is 10.6. The summed E-state index contributed by atoms with van der Waals surface area (Å²) in [5.41, 5.74) is 0. The highest BCUT2D eigenvalue weighted by Gasteiger charge is 2.19. The molecule has 0 aromatic carbocycles. The largest absolute Gasteiger partial charge is 0.462 e. The molecule has 0 radical (unpaired) electrons. The number of unbranched alkanes of at least 4 members (excludes halogenated alkanes) is 18. The lowest BCUT2D eigenvalue weighted by Crippen LogP contribution is -2.24. The summed E-state index contributed by atoms with van der Waals surface area (Å²) in [4.78, 5) is 24.8. The number of ether oxygens (including phenoxy) is 6. The van der Waals surface area contributed by atoms with Gasteiger partial charge in [0.05, 0.1) is 26.4 Å². The van der Waals surface area contributed by atoms with Gasteiger partial charge in [0.15, 0.2) is 12.6 Å². The summed E-state index contributed by atoms with van der Waals surface area (Å²) in [5, 5.41) is -0.715. The molecule has 0 spiro atoms. The van der Waals surface area contributed by atoms with Gasteiger partial charge in [0.2, 0.25) is 0 Å². The van der Waals surface area contributed by atoms with Crippen LogP contribution in [-0.2, 0) is 38.0 Å².